The van der Waals surface area contributed by atoms with E-state index in [1.807, 2.05) is 38.3 Å². The fraction of sp³-hybridized carbons (Fsp3) is 0.532. The maximum Gasteiger partial charge on any atom is 0.416 e. The Balaban J connectivity index is 0.000000202. The van der Waals surface area contributed by atoms with Gasteiger partial charge < -0.3 is 29.2 Å². The van der Waals surface area contributed by atoms with Crippen LogP contribution in [0, 0.1) is 23.2 Å². The number of carbonyl (C=O) groups excluding carboxylic acids is 4. The fourth-order valence-electron chi connectivity index (χ4n) is 11.9. The van der Waals surface area contributed by atoms with Crippen LogP contribution in [0.25, 0.3) is 22.1 Å². The molecule has 6 aromatic rings. The second-order valence-electron chi connectivity index (χ2n) is 23.2. The number of ether oxygens (including phenoxy) is 2. The average molecular weight is 1160 g/mol. The van der Waals surface area contributed by atoms with Crippen molar-refractivity contribution in [1.29, 1.82) is 5.26 Å². The number of hydrogen-bond acceptors (Lipinski definition) is 13. The lowest BCUT2D eigenvalue weighted by atomic mass is 9.85. The molecule has 0 atom stereocenters. The highest BCUT2D eigenvalue weighted by Gasteiger charge is 2.34. The van der Waals surface area contributed by atoms with Crippen molar-refractivity contribution in [1.82, 2.24) is 49.5 Å². The normalized spacial score (nSPS) is 19.7. The quantitative estimate of drug-likeness (QED) is 0.0629. The van der Waals surface area contributed by atoms with Gasteiger partial charge in [-0.3, -0.25) is 39.6 Å². The van der Waals surface area contributed by atoms with Crippen LogP contribution in [0.15, 0.2) is 73.1 Å². The summed E-state index contributed by atoms with van der Waals surface area (Å²) in [4.78, 5) is 74.8. The van der Waals surface area contributed by atoms with E-state index >= 15 is 0 Å². The molecule has 0 unspecified atom stereocenters. The molecule has 4 amide bonds. The number of nitriles is 1. The van der Waals surface area contributed by atoms with Gasteiger partial charge in [-0.2, -0.15) is 18.4 Å². The zero-order chi connectivity index (χ0) is 59.3. The van der Waals surface area contributed by atoms with E-state index < -0.39 is 17.6 Å². The number of piperidine rings is 2. The third-order valence-electron chi connectivity index (χ3n) is 16.2. The van der Waals surface area contributed by atoms with Crippen LogP contribution in [-0.2, 0) is 15.8 Å². The highest BCUT2D eigenvalue weighted by atomic mass is 19.4. The van der Waals surface area contributed by atoms with Crippen LogP contribution in [0.2, 0.25) is 0 Å². The van der Waals surface area contributed by atoms with Crippen molar-refractivity contribution in [3.05, 3.63) is 95.3 Å². The zero-order valence-electron chi connectivity index (χ0n) is 48.6. The highest BCUT2D eigenvalue weighted by Crippen LogP contribution is 2.40. The Morgan fingerprint density at radius 3 is 1.45 bits per heavy atom. The van der Waals surface area contributed by atoms with Crippen LogP contribution in [0.1, 0.15) is 162 Å². The lowest BCUT2D eigenvalue weighted by Gasteiger charge is -2.30. The lowest BCUT2D eigenvalue weighted by molar-refractivity contribution is -0.137. The summed E-state index contributed by atoms with van der Waals surface area (Å²) < 4.78 is 55.9. The molecule has 0 spiro atoms. The molecule has 448 valence electrons. The second kappa shape index (κ2) is 28.3. The van der Waals surface area contributed by atoms with E-state index in [2.05, 4.69) is 56.7 Å². The molecule has 6 heterocycles. The van der Waals surface area contributed by atoms with Gasteiger partial charge >= 0.3 is 6.18 Å². The van der Waals surface area contributed by atoms with Crippen molar-refractivity contribution >= 4 is 57.6 Å². The first kappa shape index (κ1) is 60.9. The molecule has 2 aromatic carbocycles. The molecule has 4 fully saturated rings. The van der Waals surface area contributed by atoms with Crippen LogP contribution >= 0.6 is 0 Å². The topological polar surface area (TPSA) is 227 Å². The third-order valence-corrected chi connectivity index (χ3v) is 16.2. The number of likely N-dealkylation sites (tertiary alicyclic amines) is 2. The molecule has 2 saturated carbocycles. The fourth-order valence-corrected chi connectivity index (χ4v) is 11.9. The molecule has 4 aromatic heterocycles. The van der Waals surface area contributed by atoms with Crippen molar-refractivity contribution in [2.24, 2.45) is 11.8 Å². The Morgan fingerprint density at radius 2 is 1.04 bits per heavy atom. The predicted molar refractivity (Wildman–Crippen MR) is 314 cm³/mol. The van der Waals surface area contributed by atoms with Gasteiger partial charge in [-0.05, 0) is 167 Å². The predicted octanol–water partition coefficient (Wildman–Crippen LogP) is 10.5. The van der Waals surface area contributed by atoms with Gasteiger partial charge in [-0.1, -0.05) is 25.0 Å². The Hall–Kier alpha value is -7.64. The van der Waals surface area contributed by atoms with Gasteiger partial charge in [0.1, 0.15) is 24.2 Å². The number of alkyl halides is 3. The largest absolute Gasteiger partial charge is 0.476 e. The van der Waals surface area contributed by atoms with E-state index in [4.69, 9.17) is 14.5 Å². The summed E-state index contributed by atoms with van der Waals surface area (Å²) in [6, 6.07) is 16.8. The summed E-state index contributed by atoms with van der Waals surface area (Å²) >= 11 is 0. The highest BCUT2D eigenvalue weighted by molar-refractivity contribution is 6.05. The van der Waals surface area contributed by atoms with Crippen molar-refractivity contribution in [3.8, 4) is 17.8 Å². The molecule has 0 radical (unpaired) electrons. The standard InChI is InChI=1S/C31H39F3N6O3.C31H39N7O3/c1-20(2)36-28(41)21-9-11-24(12-10-21)40-26-18-27(43-16-15-39-13-4-3-5-14-39)35-19-25(26)37-30(40)38-29(42)22-7-6-8-23(17-22)31(32,33)34;1-21(2)34-29(39)23-9-11-25(12-10-23)38-27-18-28(41-16-15-37-13-4-3-5-14-37)33-20-26(27)35-31(38)36-30(40)24-8-6-7-22(17-24)19-32/h6-8,17-21,24H,3-5,9-16H2,1-2H3,(H,36,41)(H,37,38,42);6-8,17-18,20-21,23,25H,3-5,9-16H2,1-2H3,(H,34,39)(H,35,36,40). The van der Waals surface area contributed by atoms with Crippen molar-refractivity contribution in [3.63, 3.8) is 0 Å². The number of anilines is 2. The monoisotopic (exact) mass is 1160 g/mol. The van der Waals surface area contributed by atoms with E-state index in [0.717, 1.165) is 82.6 Å². The molecular formula is C62H78F3N13O6. The summed E-state index contributed by atoms with van der Waals surface area (Å²) in [5.74, 6) is 0.593. The van der Waals surface area contributed by atoms with E-state index in [1.165, 1.54) is 50.7 Å². The molecule has 84 heavy (non-hydrogen) atoms. The molecule has 2 saturated heterocycles. The van der Waals surface area contributed by atoms with Crippen LogP contribution < -0.4 is 30.7 Å². The van der Waals surface area contributed by atoms with Gasteiger partial charge in [-0.15, -0.1) is 0 Å². The van der Waals surface area contributed by atoms with Gasteiger partial charge in [0.25, 0.3) is 11.8 Å². The minimum Gasteiger partial charge on any atom is -0.476 e. The number of aromatic nitrogens is 6. The van der Waals surface area contributed by atoms with Crippen molar-refractivity contribution < 1.29 is 41.8 Å². The third kappa shape index (κ3) is 16.0. The maximum atomic E-state index is 13.3. The molecule has 10 rings (SSSR count). The van der Waals surface area contributed by atoms with Crippen molar-refractivity contribution in [2.45, 2.75) is 148 Å². The van der Waals surface area contributed by atoms with Gasteiger partial charge in [0.2, 0.25) is 35.5 Å². The smallest absolute Gasteiger partial charge is 0.416 e. The molecule has 2 aliphatic carbocycles. The number of carbonyl (C=O) groups is 4. The van der Waals surface area contributed by atoms with Crippen LogP contribution in [-0.4, -0.2) is 127 Å². The number of imidazole rings is 2. The van der Waals surface area contributed by atoms with Gasteiger partial charge in [0, 0.05) is 72.4 Å². The van der Waals surface area contributed by atoms with E-state index in [0.29, 0.717) is 84.3 Å². The summed E-state index contributed by atoms with van der Waals surface area (Å²) in [6.07, 6.45) is 11.9. The number of halogens is 3. The number of nitrogens with one attached hydrogen (secondary N) is 4. The van der Waals surface area contributed by atoms with Crippen LogP contribution in [0.4, 0.5) is 25.1 Å². The summed E-state index contributed by atoms with van der Waals surface area (Å²) in [6.45, 7) is 14.9. The first-order valence-corrected chi connectivity index (χ1v) is 29.9. The minimum absolute atomic E-state index is 0.0226. The van der Waals surface area contributed by atoms with E-state index in [-0.39, 0.29) is 65.2 Å². The summed E-state index contributed by atoms with van der Waals surface area (Å²) in [5, 5.41) is 21.0. The number of fused-ring (bicyclic) bond motifs is 2. The number of hydrogen-bond donors (Lipinski definition) is 4. The van der Waals surface area contributed by atoms with E-state index in [1.54, 1.807) is 42.7 Å². The maximum absolute atomic E-state index is 13.3. The molecule has 22 heteroatoms. The zero-order valence-corrected chi connectivity index (χ0v) is 48.6. The van der Waals surface area contributed by atoms with Crippen LogP contribution in [0.5, 0.6) is 11.8 Å². The number of amides is 4. The number of pyridine rings is 2. The molecule has 4 aliphatic rings. The second-order valence-corrected chi connectivity index (χ2v) is 23.2. The SMILES string of the molecule is CC(C)NC(=O)C1CCC(n2c(NC(=O)c3cccc(C#N)c3)nc3cnc(OCCN4CCCCC4)cc32)CC1.CC(C)NC(=O)C1CCC(n2c(NC(=O)c3cccc(C(F)(F)F)c3)nc3cnc(OCCN4CCCCC4)cc32)CC1. The number of rotatable bonds is 18. The van der Waals surface area contributed by atoms with Crippen LogP contribution in [0.3, 0.4) is 0 Å². The molecule has 4 N–H and O–H groups in total. The first-order chi connectivity index (χ1) is 40.5. The Labute approximate surface area is 488 Å². The number of nitrogens with zero attached hydrogens (tertiary/aromatic N) is 9. The Bertz CT molecular complexity index is 3270. The lowest BCUT2D eigenvalue weighted by Crippen LogP contribution is -2.37. The van der Waals surface area contributed by atoms with Gasteiger partial charge in [0.05, 0.1) is 40.6 Å². The molecule has 0 bridgehead atoms. The molecular weight excluding hydrogens is 1080 g/mol. The van der Waals surface area contributed by atoms with Gasteiger partial charge in [-0.25, -0.2) is 19.9 Å². The van der Waals surface area contributed by atoms with E-state index in [9.17, 15) is 37.6 Å². The molecule has 19 nitrogen and oxygen atoms in total. The first-order valence-electron chi connectivity index (χ1n) is 29.9. The summed E-state index contributed by atoms with van der Waals surface area (Å²) in [7, 11) is 0. The Kier molecular flexibility index (Phi) is 20.5. The number of benzene rings is 2. The average Bonchev–Trinajstić information content (AvgIpc) is 3.67. The molecule has 2 aliphatic heterocycles. The summed E-state index contributed by atoms with van der Waals surface area (Å²) in [5.41, 5.74) is 2.51. The minimum atomic E-state index is -4.57. The Morgan fingerprint density at radius 1 is 0.607 bits per heavy atom. The van der Waals surface area contributed by atoms with Gasteiger partial charge in [0.15, 0.2) is 0 Å². The van der Waals surface area contributed by atoms with Crippen molar-refractivity contribution in [2.75, 3.05) is 63.1 Å².